The molecule has 0 aromatic heterocycles. The van der Waals surface area contributed by atoms with E-state index in [4.69, 9.17) is 14.0 Å². The Morgan fingerprint density at radius 1 is 1.07 bits per heavy atom. The van der Waals surface area contributed by atoms with Crippen LogP contribution in [-0.2, 0) is 18.8 Å². The second kappa shape index (κ2) is 9.86. The van der Waals surface area contributed by atoms with Crippen LogP contribution in [0.15, 0.2) is 12.7 Å². The summed E-state index contributed by atoms with van der Waals surface area (Å²) in [5.74, 6) is -0.0339. The maximum absolute atomic E-state index is 12.8. The van der Waals surface area contributed by atoms with Crippen molar-refractivity contribution in [3.63, 3.8) is 0 Å². The van der Waals surface area contributed by atoms with E-state index in [1.54, 1.807) is 20.0 Å². The average Bonchev–Trinajstić information content (AvgIpc) is 2.79. The highest BCUT2D eigenvalue weighted by Gasteiger charge is 2.50. The summed E-state index contributed by atoms with van der Waals surface area (Å²) in [7, 11) is 1.41. The summed E-state index contributed by atoms with van der Waals surface area (Å²) in [5, 5.41) is 0. The third kappa shape index (κ3) is 6.58. The van der Waals surface area contributed by atoms with Gasteiger partial charge in [0.2, 0.25) is 0 Å². The van der Waals surface area contributed by atoms with Crippen molar-refractivity contribution in [2.24, 2.45) is 0 Å². The number of Topliss-reactive ketones (excluding diaryl/α,β-unsaturated/α-hetero) is 1. The normalized spacial score (nSPS) is 19.8. The van der Waals surface area contributed by atoms with Crippen molar-refractivity contribution in [2.75, 3.05) is 7.05 Å². The Kier molecular flexibility index (Phi) is 8.78. The van der Waals surface area contributed by atoms with Crippen LogP contribution in [0.2, 0.25) is 6.32 Å². The number of hydrogen-bond donors (Lipinski definition) is 0. The minimum Gasteiger partial charge on any atom is -0.444 e. The molecule has 1 atom stereocenters. The van der Waals surface area contributed by atoms with Gasteiger partial charge in [-0.05, 0) is 81.0 Å². The summed E-state index contributed by atoms with van der Waals surface area (Å²) in [6, 6.07) is 0. The quantitative estimate of drug-likeness (QED) is 0.267. The van der Waals surface area contributed by atoms with Gasteiger partial charge in [0, 0.05) is 7.05 Å². The third-order valence-electron chi connectivity index (χ3n) is 6.31. The van der Waals surface area contributed by atoms with Crippen LogP contribution in [-0.4, -0.2) is 53.3 Å². The summed E-state index contributed by atoms with van der Waals surface area (Å²) in [6.07, 6.45) is 5.39. The first kappa shape index (κ1) is 26.7. The van der Waals surface area contributed by atoms with E-state index in [2.05, 4.69) is 6.58 Å². The zero-order chi connectivity index (χ0) is 23.4. The summed E-state index contributed by atoms with van der Waals surface area (Å²) >= 11 is 0. The number of hydrogen-bond acceptors (Lipinski definition) is 5. The topological polar surface area (TPSA) is 65.1 Å². The second-order valence-electron chi connectivity index (χ2n) is 10.4. The van der Waals surface area contributed by atoms with Gasteiger partial charge in [-0.15, -0.1) is 6.58 Å². The molecule has 172 valence electrons. The molecule has 30 heavy (non-hydrogen) atoms. The summed E-state index contributed by atoms with van der Waals surface area (Å²) < 4.78 is 17.7. The summed E-state index contributed by atoms with van der Waals surface area (Å²) in [5.41, 5.74) is -2.22. The fraction of sp³-hybridized carbons (Fsp3) is 0.826. The molecule has 0 bridgehead atoms. The minimum atomic E-state index is -0.910. The van der Waals surface area contributed by atoms with Crippen molar-refractivity contribution >= 4 is 19.0 Å². The van der Waals surface area contributed by atoms with E-state index in [-0.39, 0.29) is 24.1 Å². The van der Waals surface area contributed by atoms with Gasteiger partial charge < -0.3 is 14.0 Å². The van der Waals surface area contributed by atoms with E-state index in [1.165, 1.54) is 4.90 Å². The molecule has 1 rings (SSSR count). The van der Waals surface area contributed by atoms with Crippen molar-refractivity contribution in [1.29, 1.82) is 0 Å². The maximum Gasteiger partial charge on any atom is 0.457 e. The fourth-order valence-corrected chi connectivity index (χ4v) is 3.71. The van der Waals surface area contributed by atoms with Crippen LogP contribution in [0.1, 0.15) is 87.5 Å². The number of ketones is 1. The smallest absolute Gasteiger partial charge is 0.444 e. The fourth-order valence-electron chi connectivity index (χ4n) is 3.71. The lowest BCUT2D eigenvalue weighted by atomic mass is 9.78. The van der Waals surface area contributed by atoms with Crippen LogP contribution in [0, 0.1) is 0 Å². The number of unbranched alkanes of at least 4 members (excludes halogenated alkanes) is 1. The predicted molar refractivity (Wildman–Crippen MR) is 122 cm³/mol. The third-order valence-corrected chi connectivity index (χ3v) is 6.31. The number of ether oxygens (including phenoxy) is 1. The van der Waals surface area contributed by atoms with Gasteiger partial charge in [-0.1, -0.05) is 18.9 Å². The first-order valence-electron chi connectivity index (χ1n) is 11.0. The largest absolute Gasteiger partial charge is 0.457 e. The maximum atomic E-state index is 12.8. The van der Waals surface area contributed by atoms with E-state index in [0.717, 1.165) is 19.2 Å². The van der Waals surface area contributed by atoms with Gasteiger partial charge in [0.05, 0.1) is 11.2 Å². The van der Waals surface area contributed by atoms with E-state index >= 15 is 0 Å². The van der Waals surface area contributed by atoms with Crippen LogP contribution < -0.4 is 0 Å². The highest BCUT2D eigenvalue weighted by molar-refractivity contribution is 6.45. The number of carbonyl (C=O) groups excluding carboxylic acids is 2. The molecule has 1 saturated heterocycles. The number of rotatable bonds is 10. The van der Waals surface area contributed by atoms with Crippen molar-refractivity contribution in [2.45, 2.75) is 116 Å². The second-order valence-corrected chi connectivity index (χ2v) is 10.4. The molecule has 1 aliphatic heterocycles. The molecule has 1 aliphatic rings. The lowest BCUT2D eigenvalue weighted by molar-refractivity contribution is -0.129. The Morgan fingerprint density at radius 2 is 1.60 bits per heavy atom. The molecule has 0 N–H and O–H groups in total. The first-order valence-corrected chi connectivity index (χ1v) is 11.0. The van der Waals surface area contributed by atoms with Gasteiger partial charge in [-0.2, -0.15) is 0 Å². The zero-order valence-electron chi connectivity index (χ0n) is 20.6. The van der Waals surface area contributed by atoms with Gasteiger partial charge in [-0.25, -0.2) is 4.79 Å². The Bertz CT molecular complexity index is 610. The molecular weight excluding hydrogens is 381 g/mol. The van der Waals surface area contributed by atoms with Crippen molar-refractivity contribution in [3.8, 4) is 0 Å². The summed E-state index contributed by atoms with van der Waals surface area (Å²) in [4.78, 5) is 27.0. The zero-order valence-corrected chi connectivity index (χ0v) is 20.6. The van der Waals surface area contributed by atoms with E-state index in [0.29, 0.717) is 19.3 Å². The molecule has 1 unspecified atom stereocenters. The molecule has 0 radical (unpaired) electrons. The average molecular weight is 423 g/mol. The van der Waals surface area contributed by atoms with Crippen LogP contribution >= 0.6 is 0 Å². The van der Waals surface area contributed by atoms with Gasteiger partial charge in [0.1, 0.15) is 11.1 Å². The lowest BCUT2D eigenvalue weighted by Crippen LogP contribution is -2.55. The Labute approximate surface area is 183 Å². The summed E-state index contributed by atoms with van der Waals surface area (Å²) in [6.45, 7) is 19.0. The van der Waals surface area contributed by atoms with E-state index < -0.39 is 17.2 Å². The number of nitrogens with zero attached hydrogens (tertiary/aromatic N) is 1. The number of carbonyl (C=O) groups is 2. The van der Waals surface area contributed by atoms with Crippen molar-refractivity contribution in [1.82, 2.24) is 4.90 Å². The van der Waals surface area contributed by atoms with Gasteiger partial charge in [-0.3, -0.25) is 9.69 Å². The molecule has 0 spiro atoms. The molecule has 0 aliphatic carbocycles. The molecule has 6 nitrogen and oxygen atoms in total. The standard InChI is InChI=1S/C23H42BNO5/c1-11-12-15-23(18(2)26,25(10)19(27)28-20(3,4)5)16-13-14-17-24-29-21(6,7)22(8,9)30-24/h11H,1,12-17H2,2-10H3. The van der Waals surface area contributed by atoms with Gasteiger partial charge in [0.25, 0.3) is 0 Å². The highest BCUT2D eigenvalue weighted by atomic mass is 16.7. The highest BCUT2D eigenvalue weighted by Crippen LogP contribution is 2.38. The molecule has 0 aromatic carbocycles. The van der Waals surface area contributed by atoms with Crippen LogP contribution in [0.4, 0.5) is 4.79 Å². The molecule has 0 saturated carbocycles. The van der Waals surface area contributed by atoms with Gasteiger partial charge >= 0.3 is 13.2 Å². The van der Waals surface area contributed by atoms with Crippen LogP contribution in [0.3, 0.4) is 0 Å². The molecule has 1 heterocycles. The van der Waals surface area contributed by atoms with E-state index in [1.807, 2.05) is 48.5 Å². The van der Waals surface area contributed by atoms with Crippen LogP contribution in [0.5, 0.6) is 0 Å². The number of allylic oxidation sites excluding steroid dienone is 1. The number of amides is 1. The number of likely N-dealkylation sites (N-methyl/N-ethyl adjacent to an activating group) is 1. The van der Waals surface area contributed by atoms with Crippen molar-refractivity contribution in [3.05, 3.63) is 12.7 Å². The van der Waals surface area contributed by atoms with Gasteiger partial charge in [0.15, 0.2) is 5.78 Å². The molecule has 7 heteroatoms. The Hall–Kier alpha value is -1.34. The van der Waals surface area contributed by atoms with Crippen LogP contribution in [0.25, 0.3) is 0 Å². The molecule has 1 amide bonds. The monoisotopic (exact) mass is 423 g/mol. The Morgan fingerprint density at radius 3 is 2.03 bits per heavy atom. The lowest BCUT2D eigenvalue weighted by Gasteiger charge is -2.40. The van der Waals surface area contributed by atoms with E-state index in [9.17, 15) is 9.59 Å². The SMILES string of the molecule is C=CCCC(CCCCB1OC(C)(C)C(C)(C)O1)(C(C)=O)N(C)C(=O)OC(C)(C)C. The van der Waals surface area contributed by atoms with Crippen molar-refractivity contribution < 1.29 is 23.6 Å². The first-order chi connectivity index (χ1) is 13.6. The molecular formula is C23H42BNO5. The molecule has 0 aromatic rings. The molecule has 1 fully saturated rings. The Balaban J connectivity index is 2.83. The predicted octanol–water partition coefficient (Wildman–Crippen LogP) is 5.41. The minimum absolute atomic E-state index is 0.0339.